The molecule has 0 aliphatic carbocycles. The van der Waals surface area contributed by atoms with E-state index in [4.69, 9.17) is 0 Å². The van der Waals surface area contributed by atoms with E-state index in [-0.39, 0.29) is 12.0 Å². The zero-order valence-electron chi connectivity index (χ0n) is 9.52. The average Bonchev–Trinajstić information content (AvgIpc) is 2.26. The summed E-state index contributed by atoms with van der Waals surface area (Å²) in [6.45, 7) is 1.61. The first kappa shape index (κ1) is 14.6. The monoisotopic (exact) mass is 324 g/mol. The van der Waals surface area contributed by atoms with Crippen molar-refractivity contribution < 1.29 is 17.9 Å². The van der Waals surface area contributed by atoms with Gasteiger partial charge in [0.2, 0.25) is 0 Å². The standard InChI is InChI=1S/C11H14BrFO3S/c1-3-11(12,17(2,15)16)10(14)8-6-4-5-7-9(8)13/h4-7,10,14H,3H2,1-2H3. The van der Waals surface area contributed by atoms with Crippen LogP contribution in [0.1, 0.15) is 25.0 Å². The fourth-order valence-electron chi connectivity index (χ4n) is 1.59. The van der Waals surface area contributed by atoms with Gasteiger partial charge >= 0.3 is 0 Å². The van der Waals surface area contributed by atoms with Crippen molar-refractivity contribution in [3.8, 4) is 0 Å². The molecule has 0 spiro atoms. The van der Waals surface area contributed by atoms with Gasteiger partial charge in [0.15, 0.2) is 13.5 Å². The third-order valence-corrected chi connectivity index (χ3v) is 7.21. The second-order valence-corrected chi connectivity index (χ2v) is 8.05. The molecule has 0 bridgehead atoms. The Bertz CT molecular complexity index is 503. The zero-order chi connectivity index (χ0) is 13.3. The Morgan fingerprint density at radius 1 is 1.47 bits per heavy atom. The van der Waals surface area contributed by atoms with E-state index >= 15 is 0 Å². The van der Waals surface area contributed by atoms with E-state index in [0.717, 1.165) is 6.26 Å². The van der Waals surface area contributed by atoms with Gasteiger partial charge in [0, 0.05) is 11.8 Å². The number of benzene rings is 1. The molecule has 6 heteroatoms. The van der Waals surface area contributed by atoms with Crippen LogP contribution in [-0.4, -0.2) is 23.4 Å². The highest BCUT2D eigenvalue weighted by atomic mass is 79.9. The molecule has 0 heterocycles. The van der Waals surface area contributed by atoms with Crippen molar-refractivity contribution in [2.45, 2.75) is 23.1 Å². The summed E-state index contributed by atoms with van der Waals surface area (Å²) in [4.78, 5) is 0. The van der Waals surface area contributed by atoms with Gasteiger partial charge in [-0.2, -0.15) is 0 Å². The van der Waals surface area contributed by atoms with Gasteiger partial charge < -0.3 is 5.11 Å². The minimum absolute atomic E-state index is 0.0309. The molecule has 0 saturated carbocycles. The average molecular weight is 325 g/mol. The maximum Gasteiger partial charge on any atom is 0.166 e. The molecule has 0 radical (unpaired) electrons. The molecular formula is C11H14BrFO3S. The quantitative estimate of drug-likeness (QED) is 0.865. The predicted molar refractivity (Wildman–Crippen MR) is 68.2 cm³/mol. The summed E-state index contributed by atoms with van der Waals surface area (Å²) < 4.78 is 35.3. The Balaban J connectivity index is 3.29. The third kappa shape index (κ3) is 2.69. The first-order valence-corrected chi connectivity index (χ1v) is 7.73. The Hall–Kier alpha value is -0.460. The van der Waals surface area contributed by atoms with Gasteiger partial charge in [-0.05, 0) is 12.5 Å². The van der Waals surface area contributed by atoms with Crippen LogP contribution in [0.4, 0.5) is 4.39 Å². The Labute approximate surface area is 109 Å². The minimum Gasteiger partial charge on any atom is -0.386 e. The summed E-state index contributed by atoms with van der Waals surface area (Å²) in [6.07, 6.45) is -0.319. The highest BCUT2D eigenvalue weighted by Gasteiger charge is 2.45. The third-order valence-electron chi connectivity index (χ3n) is 2.71. The van der Waals surface area contributed by atoms with Crippen LogP contribution in [0.2, 0.25) is 0 Å². The molecule has 0 aliphatic heterocycles. The van der Waals surface area contributed by atoms with Crippen molar-refractivity contribution in [1.29, 1.82) is 0 Å². The molecule has 1 N–H and O–H groups in total. The van der Waals surface area contributed by atoms with Crippen molar-refractivity contribution in [3.63, 3.8) is 0 Å². The fraction of sp³-hybridized carbons (Fsp3) is 0.455. The van der Waals surface area contributed by atoms with Gasteiger partial charge in [-0.3, -0.25) is 0 Å². The van der Waals surface area contributed by atoms with Crippen LogP contribution in [-0.2, 0) is 9.84 Å². The van der Waals surface area contributed by atoms with Crippen molar-refractivity contribution in [2.75, 3.05) is 6.26 Å². The van der Waals surface area contributed by atoms with E-state index in [9.17, 15) is 17.9 Å². The zero-order valence-corrected chi connectivity index (χ0v) is 11.9. The van der Waals surface area contributed by atoms with E-state index < -0.39 is 25.4 Å². The molecule has 0 amide bonds. The highest BCUT2D eigenvalue weighted by molar-refractivity contribution is 9.11. The highest BCUT2D eigenvalue weighted by Crippen LogP contribution is 2.41. The van der Waals surface area contributed by atoms with Crippen LogP contribution in [0, 0.1) is 5.82 Å². The number of aliphatic hydroxyl groups is 1. The Morgan fingerprint density at radius 2 is 2.00 bits per heavy atom. The topological polar surface area (TPSA) is 54.4 Å². The summed E-state index contributed by atoms with van der Waals surface area (Å²) >= 11 is 3.04. The molecule has 0 saturated heterocycles. The number of halogens is 2. The van der Waals surface area contributed by atoms with Crippen LogP contribution in [0.5, 0.6) is 0 Å². The minimum atomic E-state index is -3.58. The van der Waals surface area contributed by atoms with Gasteiger partial charge in [-0.15, -0.1) is 0 Å². The Kier molecular flexibility index (Phi) is 4.33. The predicted octanol–water partition coefficient (Wildman–Crippen LogP) is 2.40. The van der Waals surface area contributed by atoms with Gasteiger partial charge in [-0.1, -0.05) is 41.1 Å². The Morgan fingerprint density at radius 3 is 2.41 bits per heavy atom. The maximum absolute atomic E-state index is 13.5. The summed E-state index contributed by atoms with van der Waals surface area (Å²) in [7, 11) is -3.58. The molecule has 17 heavy (non-hydrogen) atoms. The lowest BCUT2D eigenvalue weighted by atomic mass is 10.0. The number of sulfone groups is 1. The van der Waals surface area contributed by atoms with E-state index in [0.29, 0.717) is 0 Å². The second kappa shape index (κ2) is 5.04. The van der Waals surface area contributed by atoms with E-state index in [2.05, 4.69) is 15.9 Å². The van der Waals surface area contributed by atoms with Crippen molar-refractivity contribution in [2.24, 2.45) is 0 Å². The number of alkyl halides is 1. The first-order valence-electron chi connectivity index (χ1n) is 5.05. The molecule has 2 atom stereocenters. The fourth-order valence-corrected chi connectivity index (χ4v) is 2.89. The summed E-state index contributed by atoms with van der Waals surface area (Å²) in [5.41, 5.74) is -0.0309. The maximum atomic E-state index is 13.5. The second-order valence-electron chi connectivity index (χ2n) is 3.84. The largest absolute Gasteiger partial charge is 0.386 e. The van der Waals surface area contributed by atoms with E-state index in [1.165, 1.54) is 18.2 Å². The molecule has 1 aromatic carbocycles. The normalized spacial score (nSPS) is 17.5. The van der Waals surface area contributed by atoms with E-state index in [1.807, 2.05) is 0 Å². The molecule has 0 aliphatic rings. The van der Waals surface area contributed by atoms with Gasteiger partial charge in [-0.25, -0.2) is 12.8 Å². The number of aliphatic hydroxyl groups excluding tert-OH is 1. The number of rotatable bonds is 4. The van der Waals surface area contributed by atoms with Crippen molar-refractivity contribution >= 4 is 25.8 Å². The molecule has 3 nitrogen and oxygen atoms in total. The van der Waals surface area contributed by atoms with Gasteiger partial charge in [0.05, 0.1) is 0 Å². The van der Waals surface area contributed by atoms with Gasteiger partial charge in [0.25, 0.3) is 0 Å². The number of hydrogen-bond donors (Lipinski definition) is 1. The summed E-state index contributed by atoms with van der Waals surface area (Å²) in [5, 5.41) is 10.1. The summed E-state index contributed by atoms with van der Waals surface area (Å²) in [6, 6.07) is 5.58. The van der Waals surface area contributed by atoms with Crippen molar-refractivity contribution in [3.05, 3.63) is 35.6 Å². The van der Waals surface area contributed by atoms with Crippen LogP contribution in [0.15, 0.2) is 24.3 Å². The summed E-state index contributed by atoms with van der Waals surface area (Å²) in [5.74, 6) is -0.624. The van der Waals surface area contributed by atoms with Crippen LogP contribution < -0.4 is 0 Å². The molecule has 2 unspecified atom stereocenters. The van der Waals surface area contributed by atoms with Crippen LogP contribution in [0.25, 0.3) is 0 Å². The molecule has 1 rings (SSSR count). The van der Waals surface area contributed by atoms with Gasteiger partial charge in [0.1, 0.15) is 11.9 Å². The smallest absolute Gasteiger partial charge is 0.166 e. The molecule has 96 valence electrons. The van der Waals surface area contributed by atoms with E-state index in [1.54, 1.807) is 13.0 Å². The molecule has 0 fully saturated rings. The van der Waals surface area contributed by atoms with Crippen molar-refractivity contribution in [1.82, 2.24) is 0 Å². The number of hydrogen-bond acceptors (Lipinski definition) is 3. The lowest BCUT2D eigenvalue weighted by molar-refractivity contribution is 0.155. The molecule has 1 aromatic rings. The molecular weight excluding hydrogens is 311 g/mol. The molecule has 0 aromatic heterocycles. The van der Waals surface area contributed by atoms with Crippen LogP contribution in [0.3, 0.4) is 0 Å². The lowest BCUT2D eigenvalue weighted by Crippen LogP contribution is -2.37. The lowest BCUT2D eigenvalue weighted by Gasteiger charge is -2.30. The SMILES string of the molecule is CCC(Br)(C(O)c1ccccc1F)S(C)(=O)=O. The van der Waals surface area contributed by atoms with Crippen LogP contribution >= 0.6 is 15.9 Å². The first-order chi connectivity index (χ1) is 7.74.